The number of para-hydroxylation sites is 1. The standard InChI is InChI=1S/C53H31N3O/c1-2-10-34(11-3-1)51-54-52(35-24-22-32(23-25-35)36-26-29-41-42-17-6-12-33-13-7-18-44(49(33)42)46(41)31-36)56-53(55-51)38-27-28-39-37(30-38)14-8-16-40(39)43-19-9-21-48-50(43)45-15-4-5-20-47(45)57-48/h1-31H. The second kappa shape index (κ2) is 12.4. The normalized spacial score (nSPS) is 11.9. The van der Waals surface area contributed by atoms with Gasteiger partial charge in [0.05, 0.1) is 0 Å². The van der Waals surface area contributed by atoms with Gasteiger partial charge in [0.15, 0.2) is 17.5 Å². The van der Waals surface area contributed by atoms with Gasteiger partial charge in [-0.05, 0) is 90.3 Å². The van der Waals surface area contributed by atoms with Crippen LogP contribution >= 0.6 is 0 Å². The summed E-state index contributed by atoms with van der Waals surface area (Å²) >= 11 is 0. The fraction of sp³-hybridized carbons (Fsp3) is 0. The fourth-order valence-corrected chi connectivity index (χ4v) is 8.79. The molecule has 1 aliphatic carbocycles. The van der Waals surface area contributed by atoms with Crippen LogP contribution in [0.25, 0.3) is 122 Å². The Morgan fingerprint density at radius 3 is 1.63 bits per heavy atom. The molecule has 4 nitrogen and oxygen atoms in total. The van der Waals surface area contributed by atoms with Crippen LogP contribution in [0.1, 0.15) is 0 Å². The minimum Gasteiger partial charge on any atom is -0.456 e. The van der Waals surface area contributed by atoms with Crippen molar-refractivity contribution in [2.75, 3.05) is 0 Å². The van der Waals surface area contributed by atoms with Crippen LogP contribution in [0, 0.1) is 0 Å². The number of aromatic nitrogens is 3. The van der Waals surface area contributed by atoms with Crippen molar-refractivity contribution in [1.29, 1.82) is 0 Å². The first-order valence-corrected chi connectivity index (χ1v) is 19.3. The molecule has 2 heterocycles. The Bertz CT molecular complexity index is 3400. The molecule has 0 saturated carbocycles. The summed E-state index contributed by atoms with van der Waals surface area (Å²) < 4.78 is 6.24. The summed E-state index contributed by atoms with van der Waals surface area (Å²) in [5.41, 5.74) is 14.4. The van der Waals surface area contributed by atoms with Crippen LogP contribution in [-0.2, 0) is 0 Å². The zero-order valence-corrected chi connectivity index (χ0v) is 30.6. The molecule has 11 aromatic rings. The SMILES string of the molecule is c1ccc(-c2nc(-c3ccc(-c4ccc5c(c4)-c4cccc6cccc-5c46)cc3)nc(-c3ccc4c(-c5cccc6oc7ccccc7c56)cccc4c3)n2)cc1. The molecule has 57 heavy (non-hydrogen) atoms. The smallest absolute Gasteiger partial charge is 0.164 e. The zero-order valence-electron chi connectivity index (χ0n) is 30.6. The first kappa shape index (κ1) is 31.6. The molecule has 4 heteroatoms. The quantitative estimate of drug-likeness (QED) is 0.177. The molecule has 0 fully saturated rings. The summed E-state index contributed by atoms with van der Waals surface area (Å²) in [4.78, 5) is 15.2. The first-order chi connectivity index (χ1) is 28.2. The van der Waals surface area contributed by atoms with Crippen LogP contribution < -0.4 is 0 Å². The molecule has 0 saturated heterocycles. The molecule has 0 spiro atoms. The van der Waals surface area contributed by atoms with Crippen LogP contribution in [0.2, 0.25) is 0 Å². The Balaban J connectivity index is 0.939. The van der Waals surface area contributed by atoms with Crippen molar-refractivity contribution in [2.24, 2.45) is 0 Å². The van der Waals surface area contributed by atoms with E-state index in [0.29, 0.717) is 17.5 Å². The summed E-state index contributed by atoms with van der Waals surface area (Å²) in [6.07, 6.45) is 0. The molecule has 264 valence electrons. The van der Waals surface area contributed by atoms with E-state index >= 15 is 0 Å². The van der Waals surface area contributed by atoms with Crippen LogP contribution in [0.3, 0.4) is 0 Å². The van der Waals surface area contributed by atoms with Crippen LogP contribution in [0.15, 0.2) is 192 Å². The first-order valence-electron chi connectivity index (χ1n) is 19.3. The maximum absolute atomic E-state index is 6.24. The number of benzene rings is 9. The van der Waals surface area contributed by atoms with E-state index in [4.69, 9.17) is 19.4 Å². The van der Waals surface area contributed by atoms with Gasteiger partial charge in [0.1, 0.15) is 11.2 Å². The molecule has 0 N–H and O–H groups in total. The van der Waals surface area contributed by atoms with E-state index in [1.54, 1.807) is 0 Å². The van der Waals surface area contributed by atoms with Crippen molar-refractivity contribution in [3.05, 3.63) is 188 Å². The number of furan rings is 1. The van der Waals surface area contributed by atoms with Gasteiger partial charge in [-0.25, -0.2) is 15.0 Å². The molecule has 1 aliphatic rings. The molecule has 0 bridgehead atoms. The molecule has 2 aromatic heterocycles. The van der Waals surface area contributed by atoms with E-state index in [1.807, 2.05) is 48.5 Å². The van der Waals surface area contributed by atoms with E-state index in [1.165, 1.54) is 38.6 Å². The predicted molar refractivity (Wildman–Crippen MR) is 234 cm³/mol. The lowest BCUT2D eigenvalue weighted by Crippen LogP contribution is -2.00. The maximum atomic E-state index is 6.24. The monoisotopic (exact) mass is 725 g/mol. The minimum absolute atomic E-state index is 0.630. The Hall–Kier alpha value is -7.69. The lowest BCUT2D eigenvalue weighted by Gasteiger charge is -2.12. The third-order valence-corrected chi connectivity index (χ3v) is 11.5. The van der Waals surface area contributed by atoms with Crippen LogP contribution in [-0.4, -0.2) is 15.0 Å². The van der Waals surface area contributed by atoms with Crippen molar-refractivity contribution in [1.82, 2.24) is 15.0 Å². The van der Waals surface area contributed by atoms with Gasteiger partial charge in [-0.1, -0.05) is 164 Å². The number of rotatable bonds is 5. The summed E-state index contributed by atoms with van der Waals surface area (Å²) in [7, 11) is 0. The lowest BCUT2D eigenvalue weighted by molar-refractivity contribution is 0.669. The predicted octanol–water partition coefficient (Wildman–Crippen LogP) is 14.1. The van der Waals surface area contributed by atoms with Crippen molar-refractivity contribution in [3.63, 3.8) is 0 Å². The highest BCUT2D eigenvalue weighted by Gasteiger charge is 2.22. The number of nitrogens with zero attached hydrogens (tertiary/aromatic N) is 3. The molecule has 0 unspecified atom stereocenters. The molecular formula is C53H31N3O. The number of hydrogen-bond acceptors (Lipinski definition) is 4. The average Bonchev–Trinajstić information content (AvgIpc) is 3.83. The average molecular weight is 726 g/mol. The van der Waals surface area contributed by atoms with E-state index in [9.17, 15) is 0 Å². The van der Waals surface area contributed by atoms with Crippen molar-refractivity contribution in [3.8, 4) is 78.7 Å². The molecule has 0 aliphatic heterocycles. The largest absolute Gasteiger partial charge is 0.456 e. The van der Waals surface area contributed by atoms with Gasteiger partial charge in [-0.2, -0.15) is 0 Å². The highest BCUT2D eigenvalue weighted by Crippen LogP contribution is 2.48. The molecular weight excluding hydrogens is 695 g/mol. The third-order valence-electron chi connectivity index (χ3n) is 11.5. The minimum atomic E-state index is 0.630. The Morgan fingerprint density at radius 2 is 0.842 bits per heavy atom. The van der Waals surface area contributed by atoms with Gasteiger partial charge in [-0.3, -0.25) is 0 Å². The molecule has 0 atom stereocenters. The van der Waals surface area contributed by atoms with Gasteiger partial charge in [0.25, 0.3) is 0 Å². The zero-order chi connectivity index (χ0) is 37.5. The van der Waals surface area contributed by atoms with Gasteiger partial charge in [0, 0.05) is 27.5 Å². The Kier molecular flexibility index (Phi) is 6.89. The van der Waals surface area contributed by atoms with Crippen LogP contribution in [0.4, 0.5) is 0 Å². The van der Waals surface area contributed by atoms with E-state index < -0.39 is 0 Å². The van der Waals surface area contributed by atoms with Crippen molar-refractivity contribution in [2.45, 2.75) is 0 Å². The molecule has 12 rings (SSSR count). The molecule has 0 amide bonds. The topological polar surface area (TPSA) is 51.8 Å². The Morgan fingerprint density at radius 1 is 0.281 bits per heavy atom. The molecule has 0 radical (unpaired) electrons. The summed E-state index contributed by atoms with van der Waals surface area (Å²) in [5.74, 6) is 1.90. The number of fused-ring (bicyclic) bond motifs is 7. The third kappa shape index (κ3) is 5.04. The maximum Gasteiger partial charge on any atom is 0.164 e. The van der Waals surface area contributed by atoms with Gasteiger partial charge in [-0.15, -0.1) is 0 Å². The number of hydrogen-bond donors (Lipinski definition) is 0. The van der Waals surface area contributed by atoms with Crippen LogP contribution in [0.5, 0.6) is 0 Å². The van der Waals surface area contributed by atoms with E-state index in [2.05, 4.69) is 140 Å². The second-order valence-electron chi connectivity index (χ2n) is 14.7. The summed E-state index contributed by atoms with van der Waals surface area (Å²) in [6, 6.07) is 66.3. The summed E-state index contributed by atoms with van der Waals surface area (Å²) in [5, 5.41) is 7.13. The second-order valence-corrected chi connectivity index (χ2v) is 14.7. The molecule has 9 aromatic carbocycles. The van der Waals surface area contributed by atoms with Gasteiger partial charge in [0.2, 0.25) is 0 Å². The summed E-state index contributed by atoms with van der Waals surface area (Å²) in [6.45, 7) is 0. The Labute approximate surface area is 328 Å². The highest BCUT2D eigenvalue weighted by molar-refractivity contribution is 6.16. The highest BCUT2D eigenvalue weighted by atomic mass is 16.3. The van der Waals surface area contributed by atoms with E-state index in [0.717, 1.165) is 66.1 Å². The van der Waals surface area contributed by atoms with E-state index in [-0.39, 0.29) is 0 Å². The fourth-order valence-electron chi connectivity index (χ4n) is 8.79. The lowest BCUT2D eigenvalue weighted by atomic mass is 9.94. The van der Waals surface area contributed by atoms with Gasteiger partial charge < -0.3 is 4.42 Å². The van der Waals surface area contributed by atoms with Crippen molar-refractivity contribution < 1.29 is 4.42 Å². The van der Waals surface area contributed by atoms with Gasteiger partial charge >= 0.3 is 0 Å². The van der Waals surface area contributed by atoms with Crippen molar-refractivity contribution >= 4 is 43.5 Å².